The van der Waals surface area contributed by atoms with Crippen molar-refractivity contribution in [2.45, 2.75) is 19.8 Å². The molecule has 4 aromatic rings. The molecule has 0 aliphatic carbocycles. The quantitative estimate of drug-likeness (QED) is 0.466. The number of anilines is 2. The summed E-state index contributed by atoms with van der Waals surface area (Å²) in [6.07, 6.45) is 0.688. The molecule has 1 heterocycles. The third-order valence-electron chi connectivity index (χ3n) is 4.75. The van der Waals surface area contributed by atoms with Gasteiger partial charge in [-0.2, -0.15) is 0 Å². The average molecular weight is 356 g/mol. The minimum atomic E-state index is -0.775. The van der Waals surface area contributed by atoms with E-state index in [0.29, 0.717) is 6.42 Å². The molecule has 4 rings (SSSR count). The summed E-state index contributed by atoms with van der Waals surface area (Å²) in [5.41, 5.74) is 6.12. The third-order valence-corrected chi connectivity index (χ3v) is 4.75. The van der Waals surface area contributed by atoms with Crippen LogP contribution in [-0.2, 0) is 11.2 Å². The first-order chi connectivity index (χ1) is 13.1. The van der Waals surface area contributed by atoms with Crippen molar-refractivity contribution in [3.63, 3.8) is 0 Å². The Morgan fingerprint density at radius 1 is 1.04 bits per heavy atom. The van der Waals surface area contributed by atoms with Gasteiger partial charge in [-0.1, -0.05) is 36.4 Å². The molecule has 2 N–H and O–H groups in total. The van der Waals surface area contributed by atoms with Crippen molar-refractivity contribution < 1.29 is 9.90 Å². The van der Waals surface area contributed by atoms with Crippen LogP contribution in [0.25, 0.3) is 21.8 Å². The van der Waals surface area contributed by atoms with Gasteiger partial charge in [-0.05, 0) is 54.8 Å². The van der Waals surface area contributed by atoms with Crippen LogP contribution in [0.5, 0.6) is 0 Å². The van der Waals surface area contributed by atoms with E-state index in [1.165, 1.54) is 0 Å². The van der Waals surface area contributed by atoms with Gasteiger partial charge >= 0.3 is 5.97 Å². The second-order valence-electron chi connectivity index (χ2n) is 6.72. The molecule has 4 heteroatoms. The van der Waals surface area contributed by atoms with Crippen molar-refractivity contribution in [1.29, 1.82) is 0 Å². The summed E-state index contributed by atoms with van der Waals surface area (Å²) in [6, 6.07) is 22.4. The van der Waals surface area contributed by atoms with Gasteiger partial charge in [0.25, 0.3) is 0 Å². The lowest BCUT2D eigenvalue weighted by molar-refractivity contribution is -0.136. The van der Waals surface area contributed by atoms with Gasteiger partial charge in [0.2, 0.25) is 0 Å². The number of benzene rings is 3. The number of pyridine rings is 1. The van der Waals surface area contributed by atoms with Crippen molar-refractivity contribution in [3.8, 4) is 0 Å². The second-order valence-corrected chi connectivity index (χ2v) is 6.72. The van der Waals surface area contributed by atoms with Gasteiger partial charge in [0.15, 0.2) is 0 Å². The lowest BCUT2D eigenvalue weighted by atomic mass is 10.1. The number of carboxylic acid groups (broad SMARTS) is 1. The summed E-state index contributed by atoms with van der Waals surface area (Å²) >= 11 is 0. The Morgan fingerprint density at radius 2 is 1.81 bits per heavy atom. The number of nitrogens with one attached hydrogen (secondary N) is 1. The Morgan fingerprint density at radius 3 is 2.59 bits per heavy atom. The first kappa shape index (κ1) is 17.0. The number of hydrogen-bond donors (Lipinski definition) is 2. The first-order valence-electron chi connectivity index (χ1n) is 8.97. The minimum absolute atomic E-state index is 0.147. The Bertz CT molecular complexity index is 1130. The van der Waals surface area contributed by atoms with Gasteiger partial charge < -0.3 is 10.4 Å². The van der Waals surface area contributed by atoms with Crippen molar-refractivity contribution in [2.75, 3.05) is 5.32 Å². The molecule has 1 aromatic heterocycles. The number of aryl methyl sites for hydroxylation is 2. The Kier molecular flexibility index (Phi) is 4.47. The zero-order valence-corrected chi connectivity index (χ0v) is 15.1. The van der Waals surface area contributed by atoms with Crippen molar-refractivity contribution in [3.05, 3.63) is 77.9 Å². The predicted octanol–water partition coefficient (Wildman–Crippen LogP) is 5.46. The maximum atomic E-state index is 10.7. The molecule has 0 atom stereocenters. The molecule has 0 bridgehead atoms. The number of fused-ring (bicyclic) bond motifs is 2. The summed E-state index contributed by atoms with van der Waals surface area (Å²) < 4.78 is 0. The van der Waals surface area contributed by atoms with Gasteiger partial charge in [0.1, 0.15) is 0 Å². The van der Waals surface area contributed by atoms with Crippen LogP contribution in [0.4, 0.5) is 11.4 Å². The Labute approximate surface area is 157 Å². The highest BCUT2D eigenvalue weighted by Crippen LogP contribution is 2.30. The van der Waals surface area contributed by atoms with E-state index in [0.717, 1.165) is 44.3 Å². The average Bonchev–Trinajstić information content (AvgIpc) is 2.68. The molecule has 0 saturated carbocycles. The SMILES string of the molecule is Cc1ccc(Nc2ccc(CCC(=O)O)cc2)c2cc3ccccc3nc12. The fourth-order valence-corrected chi connectivity index (χ4v) is 3.27. The first-order valence-corrected chi connectivity index (χ1v) is 8.97. The van der Waals surface area contributed by atoms with Crippen LogP contribution in [0.3, 0.4) is 0 Å². The van der Waals surface area contributed by atoms with E-state index in [9.17, 15) is 4.79 Å². The molecule has 0 spiro atoms. The molecular formula is C23H20N2O2. The number of hydrogen-bond acceptors (Lipinski definition) is 3. The fraction of sp³-hybridized carbons (Fsp3) is 0.130. The zero-order chi connectivity index (χ0) is 18.8. The van der Waals surface area contributed by atoms with E-state index >= 15 is 0 Å². The molecule has 0 radical (unpaired) electrons. The van der Waals surface area contributed by atoms with Gasteiger partial charge in [0.05, 0.1) is 11.0 Å². The Hall–Kier alpha value is -3.40. The van der Waals surface area contributed by atoms with Gasteiger partial charge in [-0.15, -0.1) is 0 Å². The molecule has 27 heavy (non-hydrogen) atoms. The molecule has 0 fully saturated rings. The molecule has 3 aromatic carbocycles. The molecule has 134 valence electrons. The molecule has 0 aliphatic rings. The van der Waals surface area contributed by atoms with E-state index in [1.807, 2.05) is 42.5 Å². The van der Waals surface area contributed by atoms with E-state index in [-0.39, 0.29) is 6.42 Å². The lowest BCUT2D eigenvalue weighted by Gasteiger charge is -2.13. The molecular weight excluding hydrogens is 336 g/mol. The van der Waals surface area contributed by atoms with Gasteiger partial charge in [-0.25, -0.2) is 4.98 Å². The largest absolute Gasteiger partial charge is 0.481 e. The van der Waals surface area contributed by atoms with Crippen LogP contribution in [0, 0.1) is 6.92 Å². The fourth-order valence-electron chi connectivity index (χ4n) is 3.27. The summed E-state index contributed by atoms with van der Waals surface area (Å²) in [5.74, 6) is -0.775. The number of rotatable bonds is 5. The molecule has 0 amide bonds. The van der Waals surface area contributed by atoms with Crippen LogP contribution in [0.1, 0.15) is 17.5 Å². The topological polar surface area (TPSA) is 62.2 Å². The summed E-state index contributed by atoms with van der Waals surface area (Å²) in [7, 11) is 0. The van der Waals surface area contributed by atoms with Crippen molar-refractivity contribution in [2.24, 2.45) is 0 Å². The highest BCUT2D eigenvalue weighted by Gasteiger charge is 2.08. The second kappa shape index (κ2) is 7.08. The van der Waals surface area contributed by atoms with Gasteiger partial charge in [0, 0.05) is 28.6 Å². The van der Waals surface area contributed by atoms with E-state index < -0.39 is 5.97 Å². The highest BCUT2D eigenvalue weighted by atomic mass is 16.4. The zero-order valence-electron chi connectivity index (χ0n) is 15.1. The maximum absolute atomic E-state index is 10.7. The molecule has 0 aliphatic heterocycles. The normalized spacial score (nSPS) is 11.0. The van der Waals surface area contributed by atoms with Crippen LogP contribution in [0.2, 0.25) is 0 Å². The summed E-state index contributed by atoms with van der Waals surface area (Å²) in [5, 5.41) is 14.5. The number of carbonyl (C=O) groups is 1. The van der Waals surface area contributed by atoms with E-state index in [4.69, 9.17) is 10.1 Å². The van der Waals surface area contributed by atoms with Gasteiger partial charge in [-0.3, -0.25) is 4.79 Å². The summed E-state index contributed by atoms with van der Waals surface area (Å²) in [6.45, 7) is 2.07. The Balaban J connectivity index is 1.68. The van der Waals surface area contributed by atoms with Crippen LogP contribution in [0.15, 0.2) is 66.7 Å². The number of aliphatic carboxylic acids is 1. The predicted molar refractivity (Wildman–Crippen MR) is 110 cm³/mol. The number of aromatic nitrogens is 1. The lowest BCUT2D eigenvalue weighted by Crippen LogP contribution is -1.98. The van der Waals surface area contributed by atoms with Crippen LogP contribution in [-0.4, -0.2) is 16.1 Å². The molecule has 0 unspecified atom stereocenters. The van der Waals surface area contributed by atoms with Crippen LogP contribution < -0.4 is 5.32 Å². The van der Waals surface area contributed by atoms with Crippen molar-refractivity contribution in [1.82, 2.24) is 4.98 Å². The number of carboxylic acids is 1. The number of para-hydroxylation sites is 1. The molecule has 4 nitrogen and oxygen atoms in total. The standard InChI is InChI=1S/C23H20N2O2/c1-15-6-12-21(19-14-17-4-2-3-5-20(17)25-23(15)19)24-18-10-7-16(8-11-18)9-13-22(26)27/h2-8,10-12,14,24H,9,13H2,1H3,(H,26,27). The third kappa shape index (κ3) is 3.60. The number of nitrogens with zero attached hydrogens (tertiary/aromatic N) is 1. The summed E-state index contributed by atoms with van der Waals surface area (Å²) in [4.78, 5) is 15.5. The van der Waals surface area contributed by atoms with E-state index in [1.54, 1.807) is 0 Å². The minimum Gasteiger partial charge on any atom is -0.481 e. The molecule has 0 saturated heterocycles. The van der Waals surface area contributed by atoms with Crippen molar-refractivity contribution >= 4 is 39.1 Å². The van der Waals surface area contributed by atoms with Crippen LogP contribution >= 0.6 is 0 Å². The van der Waals surface area contributed by atoms with E-state index in [2.05, 4.69) is 36.5 Å². The monoisotopic (exact) mass is 356 g/mol. The maximum Gasteiger partial charge on any atom is 0.303 e. The highest BCUT2D eigenvalue weighted by molar-refractivity contribution is 6.01. The smallest absolute Gasteiger partial charge is 0.303 e.